The Labute approximate surface area is 93.2 Å². The molecule has 2 heterocycles. The minimum atomic E-state index is -2.96. The summed E-state index contributed by atoms with van der Waals surface area (Å²) in [7, 11) is -3.97. The lowest BCUT2D eigenvalue weighted by Gasteiger charge is -2.43. The van der Waals surface area contributed by atoms with Crippen LogP contribution in [0.5, 0.6) is 0 Å². The molecule has 15 heavy (non-hydrogen) atoms. The summed E-state index contributed by atoms with van der Waals surface area (Å²) in [4.78, 5) is 0. The van der Waals surface area contributed by atoms with Gasteiger partial charge in [0, 0.05) is 28.1 Å². The number of hydrogen-bond donors (Lipinski definition) is 1. The van der Waals surface area contributed by atoms with Crippen molar-refractivity contribution in [2.75, 3.05) is 17.3 Å². The summed E-state index contributed by atoms with van der Waals surface area (Å²) >= 11 is 0. The molecule has 0 amide bonds. The van der Waals surface area contributed by atoms with Crippen LogP contribution in [0.15, 0.2) is 0 Å². The topological polar surface area (TPSA) is 63.2 Å². The molecule has 2 aliphatic rings. The van der Waals surface area contributed by atoms with Crippen LogP contribution < -0.4 is 5.32 Å². The van der Waals surface area contributed by atoms with Gasteiger partial charge >= 0.3 is 0 Å². The van der Waals surface area contributed by atoms with Gasteiger partial charge in [-0.1, -0.05) is 0 Å². The van der Waals surface area contributed by atoms with Crippen LogP contribution in [0.1, 0.15) is 20.3 Å². The molecule has 0 radical (unpaired) electrons. The Morgan fingerprint density at radius 1 is 1.40 bits per heavy atom. The van der Waals surface area contributed by atoms with Crippen LogP contribution in [-0.2, 0) is 20.6 Å². The summed E-state index contributed by atoms with van der Waals surface area (Å²) in [5.41, 5.74) is -0.132. The molecule has 3 unspecified atom stereocenters. The molecule has 4 nitrogen and oxygen atoms in total. The van der Waals surface area contributed by atoms with Gasteiger partial charge < -0.3 is 5.32 Å². The zero-order valence-corrected chi connectivity index (χ0v) is 10.7. The van der Waals surface area contributed by atoms with E-state index in [1.807, 2.05) is 13.8 Å². The Kier molecular flexibility index (Phi) is 2.72. The van der Waals surface area contributed by atoms with Gasteiger partial charge in [0.25, 0.3) is 0 Å². The number of fused-ring (bicyclic) bond motifs is 1. The van der Waals surface area contributed by atoms with E-state index in [9.17, 15) is 12.6 Å². The van der Waals surface area contributed by atoms with E-state index < -0.39 is 20.6 Å². The molecule has 0 aromatic rings. The summed E-state index contributed by atoms with van der Waals surface area (Å²) < 4.78 is 34.8. The van der Waals surface area contributed by atoms with Gasteiger partial charge in [-0.3, -0.25) is 4.21 Å². The highest BCUT2D eigenvalue weighted by atomic mass is 32.2. The first kappa shape index (κ1) is 11.5. The van der Waals surface area contributed by atoms with Crippen LogP contribution in [0.2, 0.25) is 0 Å². The van der Waals surface area contributed by atoms with E-state index in [-0.39, 0.29) is 28.3 Å². The van der Waals surface area contributed by atoms with E-state index in [0.29, 0.717) is 12.2 Å². The van der Waals surface area contributed by atoms with Crippen molar-refractivity contribution in [2.24, 2.45) is 0 Å². The summed E-state index contributed by atoms with van der Waals surface area (Å²) in [6.07, 6.45) is 0.599. The lowest BCUT2D eigenvalue weighted by Crippen LogP contribution is -2.64. The minimum Gasteiger partial charge on any atom is -0.307 e. The molecule has 0 aromatic carbocycles. The zero-order chi connectivity index (χ0) is 11.3. The highest BCUT2D eigenvalue weighted by molar-refractivity contribution is 7.93. The van der Waals surface area contributed by atoms with Crippen molar-refractivity contribution >= 4 is 20.6 Å². The van der Waals surface area contributed by atoms with Gasteiger partial charge in [-0.05, 0) is 20.3 Å². The molecule has 0 aliphatic carbocycles. The Bertz CT molecular complexity index is 388. The molecule has 6 heteroatoms. The largest absolute Gasteiger partial charge is 0.307 e. The molecule has 2 saturated heterocycles. The molecule has 2 fully saturated rings. The van der Waals surface area contributed by atoms with Crippen molar-refractivity contribution in [1.82, 2.24) is 5.32 Å². The predicted molar refractivity (Wildman–Crippen MR) is 61.1 cm³/mol. The van der Waals surface area contributed by atoms with Crippen molar-refractivity contribution in [3.63, 3.8) is 0 Å². The highest BCUT2D eigenvalue weighted by Crippen LogP contribution is 2.26. The Hall–Kier alpha value is 0.0600. The van der Waals surface area contributed by atoms with Gasteiger partial charge in [0.2, 0.25) is 0 Å². The third-order valence-corrected chi connectivity index (χ3v) is 7.14. The van der Waals surface area contributed by atoms with E-state index in [4.69, 9.17) is 0 Å². The quantitative estimate of drug-likeness (QED) is 0.640. The van der Waals surface area contributed by atoms with Gasteiger partial charge in [0.05, 0.1) is 16.8 Å². The second-order valence-electron chi connectivity index (χ2n) is 5.10. The van der Waals surface area contributed by atoms with Gasteiger partial charge in [-0.25, -0.2) is 8.42 Å². The molecule has 3 atom stereocenters. The van der Waals surface area contributed by atoms with E-state index in [1.165, 1.54) is 0 Å². The molecule has 0 spiro atoms. The van der Waals surface area contributed by atoms with Gasteiger partial charge in [-0.2, -0.15) is 0 Å². The van der Waals surface area contributed by atoms with Crippen molar-refractivity contribution in [2.45, 2.75) is 37.1 Å². The number of rotatable bonds is 0. The number of hydrogen-bond acceptors (Lipinski definition) is 4. The van der Waals surface area contributed by atoms with Gasteiger partial charge in [-0.15, -0.1) is 0 Å². The molecular weight excluding hydrogens is 234 g/mol. The van der Waals surface area contributed by atoms with Crippen molar-refractivity contribution in [3.8, 4) is 0 Å². The first-order valence-electron chi connectivity index (χ1n) is 5.14. The average molecular weight is 251 g/mol. The molecule has 0 saturated carbocycles. The fourth-order valence-corrected chi connectivity index (χ4v) is 6.69. The molecule has 1 N–H and O–H groups in total. The Morgan fingerprint density at radius 3 is 2.73 bits per heavy atom. The molecule has 2 rings (SSSR count). The fraction of sp³-hybridized carbons (Fsp3) is 1.00. The smallest absolute Gasteiger partial charge is 0.151 e. The summed E-state index contributed by atoms with van der Waals surface area (Å²) in [5.74, 6) is 0.867. The molecule has 2 aliphatic heterocycles. The summed E-state index contributed by atoms with van der Waals surface area (Å²) in [6.45, 7) is 4.04. The number of nitrogens with one attached hydrogen (secondary N) is 1. The Morgan fingerprint density at radius 2 is 2.07 bits per heavy atom. The van der Waals surface area contributed by atoms with E-state index in [2.05, 4.69) is 5.32 Å². The molecule has 0 aromatic heterocycles. The van der Waals surface area contributed by atoms with Crippen molar-refractivity contribution in [1.29, 1.82) is 0 Å². The van der Waals surface area contributed by atoms with Crippen LogP contribution in [-0.4, -0.2) is 46.7 Å². The summed E-state index contributed by atoms with van der Waals surface area (Å²) in [5, 5.41) is 3.21. The van der Waals surface area contributed by atoms with Crippen LogP contribution in [0.25, 0.3) is 0 Å². The average Bonchev–Trinajstić information content (AvgIpc) is 2.05. The summed E-state index contributed by atoms with van der Waals surface area (Å²) in [6, 6.07) is 0.109. The maximum Gasteiger partial charge on any atom is 0.151 e. The van der Waals surface area contributed by atoms with E-state index >= 15 is 0 Å². The molecule has 0 bridgehead atoms. The van der Waals surface area contributed by atoms with Gasteiger partial charge in [0.1, 0.15) is 0 Å². The van der Waals surface area contributed by atoms with E-state index in [1.54, 1.807) is 0 Å². The minimum absolute atomic E-state index is 0.0906. The fourth-order valence-electron chi connectivity index (χ4n) is 2.37. The first-order valence-corrected chi connectivity index (χ1v) is 8.35. The van der Waals surface area contributed by atoms with Crippen molar-refractivity contribution < 1.29 is 12.6 Å². The van der Waals surface area contributed by atoms with Crippen molar-refractivity contribution in [3.05, 3.63) is 0 Å². The third kappa shape index (κ3) is 2.42. The zero-order valence-electron chi connectivity index (χ0n) is 9.02. The maximum atomic E-state index is 11.9. The Balaban J connectivity index is 2.21. The molecular formula is C9H17NO3S2. The predicted octanol–water partition coefficient (Wildman–Crippen LogP) is -0.327. The normalized spacial score (nSPS) is 43.2. The van der Waals surface area contributed by atoms with Crippen LogP contribution in [0, 0.1) is 0 Å². The maximum absolute atomic E-state index is 11.9. The second-order valence-corrected chi connectivity index (χ2v) is 8.99. The van der Waals surface area contributed by atoms with Crippen LogP contribution in [0.3, 0.4) is 0 Å². The first-order chi connectivity index (χ1) is 6.79. The monoisotopic (exact) mass is 251 g/mol. The van der Waals surface area contributed by atoms with Gasteiger partial charge in [0.15, 0.2) is 9.84 Å². The number of sulfone groups is 1. The van der Waals surface area contributed by atoms with Crippen LogP contribution >= 0.6 is 0 Å². The second kappa shape index (κ2) is 3.53. The van der Waals surface area contributed by atoms with E-state index in [0.717, 1.165) is 0 Å². The highest BCUT2D eigenvalue weighted by Gasteiger charge is 2.44. The third-order valence-electron chi connectivity index (χ3n) is 3.02. The standard InChI is InChI=1S/C9H17NO3S2/c1-9(2)6-14(11)8-5-15(12,13)4-3-7(8)10-9/h7-8,10H,3-6H2,1-2H3. The lowest BCUT2D eigenvalue weighted by molar-refractivity contribution is 0.328. The lowest BCUT2D eigenvalue weighted by atomic mass is 10.0. The molecule has 88 valence electrons. The SMILES string of the molecule is CC1(C)CS(=O)C2CS(=O)(=O)CCC2N1. The van der Waals surface area contributed by atoms with Crippen LogP contribution in [0.4, 0.5) is 0 Å².